The number of amides is 1. The van der Waals surface area contributed by atoms with E-state index in [1.54, 1.807) is 0 Å². The smallest absolute Gasteiger partial charge is 0.327 e. The molecule has 5 heteroatoms. The fourth-order valence-corrected chi connectivity index (χ4v) is 1.75. The third kappa shape index (κ3) is 8.06. The highest BCUT2D eigenvalue weighted by molar-refractivity contribution is 5.82. The van der Waals surface area contributed by atoms with Crippen molar-refractivity contribution in [2.75, 3.05) is 19.6 Å². The molecule has 0 radical (unpaired) electrons. The van der Waals surface area contributed by atoms with Crippen molar-refractivity contribution in [2.45, 2.75) is 52.5 Å². The molecule has 0 aromatic heterocycles. The molecule has 0 aromatic carbocycles. The number of unbranched alkanes of at least 4 members (excludes halogenated alkanes) is 2. The van der Waals surface area contributed by atoms with E-state index in [0.717, 1.165) is 38.8 Å². The van der Waals surface area contributed by atoms with Gasteiger partial charge in [-0.05, 0) is 25.9 Å². The highest BCUT2D eigenvalue weighted by atomic mass is 16.4. The third-order valence-corrected chi connectivity index (χ3v) is 2.77. The van der Waals surface area contributed by atoms with Crippen molar-refractivity contribution in [3.63, 3.8) is 0 Å². The molecule has 0 aliphatic heterocycles. The predicted molar refractivity (Wildman–Crippen MR) is 71.5 cm³/mol. The molecule has 0 saturated heterocycles. The summed E-state index contributed by atoms with van der Waals surface area (Å²) in [4.78, 5) is 24.2. The number of carboxylic acids is 1. The highest BCUT2D eigenvalue weighted by Gasteiger charge is 2.21. The van der Waals surface area contributed by atoms with Crippen LogP contribution < -0.4 is 5.32 Å². The minimum Gasteiger partial charge on any atom is -0.480 e. The van der Waals surface area contributed by atoms with E-state index in [2.05, 4.69) is 24.1 Å². The van der Waals surface area contributed by atoms with E-state index >= 15 is 0 Å². The molecule has 0 aliphatic rings. The van der Waals surface area contributed by atoms with Crippen molar-refractivity contribution in [3.8, 4) is 0 Å². The van der Waals surface area contributed by atoms with Gasteiger partial charge in [-0.3, -0.25) is 4.79 Å². The number of hydrogen-bond donors (Lipinski definition) is 2. The van der Waals surface area contributed by atoms with Crippen LogP contribution in [0.1, 0.15) is 46.5 Å². The van der Waals surface area contributed by atoms with E-state index in [4.69, 9.17) is 5.11 Å². The van der Waals surface area contributed by atoms with Gasteiger partial charge in [-0.25, -0.2) is 4.79 Å². The summed E-state index contributed by atoms with van der Waals surface area (Å²) >= 11 is 0. The Morgan fingerprint density at radius 1 is 1.17 bits per heavy atom. The molecule has 0 spiro atoms. The zero-order valence-corrected chi connectivity index (χ0v) is 11.7. The maximum Gasteiger partial charge on any atom is 0.327 e. The molecular weight excluding hydrogens is 232 g/mol. The highest BCUT2D eigenvalue weighted by Crippen LogP contribution is 2.01. The van der Waals surface area contributed by atoms with Gasteiger partial charge in [-0.15, -0.1) is 0 Å². The fourth-order valence-electron chi connectivity index (χ4n) is 1.75. The van der Waals surface area contributed by atoms with Crippen LogP contribution in [0.2, 0.25) is 0 Å². The molecule has 0 fully saturated rings. The monoisotopic (exact) mass is 258 g/mol. The summed E-state index contributed by atoms with van der Waals surface area (Å²) in [5.41, 5.74) is 0. The molecule has 0 aromatic rings. The molecule has 0 heterocycles. The second-order valence-electron chi connectivity index (χ2n) is 4.60. The zero-order valence-electron chi connectivity index (χ0n) is 11.7. The van der Waals surface area contributed by atoms with E-state index in [0.29, 0.717) is 6.54 Å². The van der Waals surface area contributed by atoms with Gasteiger partial charge in [0.1, 0.15) is 6.04 Å². The quantitative estimate of drug-likeness (QED) is 0.622. The fraction of sp³-hybridized carbons (Fsp3) is 0.846. The molecule has 106 valence electrons. The van der Waals surface area contributed by atoms with Crippen molar-refractivity contribution >= 4 is 11.9 Å². The van der Waals surface area contributed by atoms with Crippen molar-refractivity contribution in [1.82, 2.24) is 10.2 Å². The van der Waals surface area contributed by atoms with Crippen LogP contribution in [0.3, 0.4) is 0 Å². The summed E-state index contributed by atoms with van der Waals surface area (Å²) in [6.45, 7) is 7.73. The molecule has 2 N–H and O–H groups in total. The molecule has 18 heavy (non-hydrogen) atoms. The first-order valence-corrected chi connectivity index (χ1v) is 6.73. The van der Waals surface area contributed by atoms with E-state index in [-0.39, 0.29) is 5.91 Å². The first-order valence-electron chi connectivity index (χ1n) is 6.73. The second-order valence-corrected chi connectivity index (χ2v) is 4.60. The number of carboxylic acid groups (broad SMARTS) is 1. The number of nitrogens with one attached hydrogen (secondary N) is 1. The number of aliphatic carboxylic acids is 1. The third-order valence-electron chi connectivity index (χ3n) is 2.77. The van der Waals surface area contributed by atoms with Gasteiger partial charge >= 0.3 is 5.97 Å². The average Bonchev–Trinajstić information content (AvgIpc) is 2.30. The van der Waals surface area contributed by atoms with E-state index in [1.807, 2.05) is 0 Å². The molecule has 1 amide bonds. The van der Waals surface area contributed by atoms with Crippen molar-refractivity contribution in [1.29, 1.82) is 0 Å². The molecule has 1 unspecified atom stereocenters. The Morgan fingerprint density at radius 3 is 2.00 bits per heavy atom. The summed E-state index contributed by atoms with van der Waals surface area (Å²) in [7, 11) is 0. The molecule has 0 aliphatic carbocycles. The Kier molecular flexibility index (Phi) is 9.28. The van der Waals surface area contributed by atoms with Gasteiger partial charge in [0.15, 0.2) is 0 Å². The number of rotatable bonds is 10. The molecule has 0 saturated carbocycles. The van der Waals surface area contributed by atoms with Gasteiger partial charge in [-0.1, -0.05) is 26.7 Å². The summed E-state index contributed by atoms with van der Waals surface area (Å²) < 4.78 is 0. The summed E-state index contributed by atoms with van der Waals surface area (Å²) in [5, 5.41) is 11.6. The van der Waals surface area contributed by atoms with E-state index in [1.165, 1.54) is 6.92 Å². The molecular formula is C13H26N2O3. The van der Waals surface area contributed by atoms with Gasteiger partial charge in [0, 0.05) is 13.5 Å². The van der Waals surface area contributed by atoms with Gasteiger partial charge in [0.05, 0.1) is 0 Å². The van der Waals surface area contributed by atoms with Crippen molar-refractivity contribution in [3.05, 3.63) is 0 Å². The normalized spacial score (nSPS) is 12.4. The van der Waals surface area contributed by atoms with Gasteiger partial charge in [0.25, 0.3) is 0 Å². The first kappa shape index (κ1) is 16.9. The van der Waals surface area contributed by atoms with E-state index in [9.17, 15) is 9.59 Å². The van der Waals surface area contributed by atoms with Crippen LogP contribution in [0.4, 0.5) is 0 Å². The van der Waals surface area contributed by atoms with Crippen LogP contribution in [0, 0.1) is 0 Å². The lowest BCUT2D eigenvalue weighted by Crippen LogP contribution is -2.48. The van der Waals surface area contributed by atoms with Crippen molar-refractivity contribution in [2.24, 2.45) is 0 Å². The zero-order chi connectivity index (χ0) is 14.0. The lowest BCUT2D eigenvalue weighted by atomic mass is 10.2. The van der Waals surface area contributed by atoms with Gasteiger partial charge in [-0.2, -0.15) is 0 Å². The van der Waals surface area contributed by atoms with Crippen LogP contribution in [0.5, 0.6) is 0 Å². The second kappa shape index (κ2) is 9.88. The molecule has 1 atom stereocenters. The number of carbonyl (C=O) groups is 2. The predicted octanol–water partition coefficient (Wildman–Crippen LogP) is 1.48. The first-order chi connectivity index (χ1) is 8.51. The largest absolute Gasteiger partial charge is 0.480 e. The van der Waals surface area contributed by atoms with Gasteiger partial charge < -0.3 is 15.3 Å². The van der Waals surface area contributed by atoms with Crippen LogP contribution in [0.25, 0.3) is 0 Å². The SMILES string of the molecule is CCCCN(CCCC)CC(NC(C)=O)C(=O)O. The minimum atomic E-state index is -0.969. The lowest BCUT2D eigenvalue weighted by Gasteiger charge is -2.25. The summed E-state index contributed by atoms with van der Waals surface area (Å²) in [6.07, 6.45) is 4.27. The lowest BCUT2D eigenvalue weighted by molar-refractivity contribution is -0.142. The Hall–Kier alpha value is -1.10. The number of nitrogens with zero attached hydrogens (tertiary/aromatic N) is 1. The Morgan fingerprint density at radius 2 is 1.67 bits per heavy atom. The summed E-state index contributed by atoms with van der Waals surface area (Å²) in [6, 6.07) is -0.809. The molecule has 0 bridgehead atoms. The Balaban J connectivity index is 4.37. The average molecular weight is 258 g/mol. The number of hydrogen-bond acceptors (Lipinski definition) is 3. The minimum absolute atomic E-state index is 0.298. The summed E-state index contributed by atoms with van der Waals surface area (Å²) in [5.74, 6) is -1.27. The topological polar surface area (TPSA) is 69.6 Å². The Labute approximate surface area is 110 Å². The molecule has 5 nitrogen and oxygen atoms in total. The maximum atomic E-state index is 11.1. The van der Waals surface area contributed by atoms with Crippen LogP contribution in [-0.2, 0) is 9.59 Å². The maximum absolute atomic E-state index is 11.1. The van der Waals surface area contributed by atoms with E-state index < -0.39 is 12.0 Å². The van der Waals surface area contributed by atoms with Crippen LogP contribution in [-0.4, -0.2) is 47.6 Å². The standard InChI is InChI=1S/C13H26N2O3/c1-4-6-8-15(9-7-5-2)10-12(13(17)18)14-11(3)16/h12H,4-10H2,1-3H3,(H,14,16)(H,17,18). The number of carbonyl (C=O) groups excluding carboxylic acids is 1. The molecule has 0 rings (SSSR count). The van der Waals surface area contributed by atoms with Crippen LogP contribution >= 0.6 is 0 Å². The van der Waals surface area contributed by atoms with Gasteiger partial charge in [0.2, 0.25) is 5.91 Å². The Bertz CT molecular complexity index is 249. The van der Waals surface area contributed by atoms with Crippen LogP contribution in [0.15, 0.2) is 0 Å². The van der Waals surface area contributed by atoms with Crippen molar-refractivity contribution < 1.29 is 14.7 Å².